The van der Waals surface area contributed by atoms with Crippen molar-refractivity contribution in [2.75, 3.05) is 0 Å². The number of carbonyl (C=O) groups is 1. The highest BCUT2D eigenvalue weighted by molar-refractivity contribution is 5.94. The lowest BCUT2D eigenvalue weighted by Gasteiger charge is -2.17. The lowest BCUT2D eigenvalue weighted by molar-refractivity contribution is 0.0894. The first-order chi connectivity index (χ1) is 16.6. The Morgan fingerprint density at radius 1 is 0.794 bits per heavy atom. The minimum absolute atomic E-state index is 0.121. The van der Waals surface area contributed by atoms with Gasteiger partial charge in [-0.25, -0.2) is 0 Å². The van der Waals surface area contributed by atoms with E-state index in [1.54, 1.807) is 0 Å². The number of allylic oxidation sites excluding steroid dienone is 1. The Hall–Kier alpha value is -1.61. The van der Waals surface area contributed by atoms with Crippen molar-refractivity contribution in [2.24, 2.45) is 0 Å². The van der Waals surface area contributed by atoms with E-state index in [9.17, 15) is 9.90 Å². The van der Waals surface area contributed by atoms with Crippen LogP contribution in [0.2, 0.25) is 0 Å². The SMILES string of the molecule is CCCCCCCCCCCC/C=C/[C@H](O)[C@H](C)NC(=O)c1ccc(CCCCCCC)cc1. The molecular formula is C31H53NO2. The Labute approximate surface area is 210 Å². The first-order valence-corrected chi connectivity index (χ1v) is 14.3. The van der Waals surface area contributed by atoms with E-state index >= 15 is 0 Å². The van der Waals surface area contributed by atoms with Gasteiger partial charge in [0, 0.05) is 5.56 Å². The molecule has 0 aromatic heterocycles. The Balaban J connectivity index is 2.16. The molecule has 0 aliphatic rings. The van der Waals surface area contributed by atoms with Crippen LogP contribution in [0.3, 0.4) is 0 Å². The van der Waals surface area contributed by atoms with Gasteiger partial charge in [0.2, 0.25) is 0 Å². The monoisotopic (exact) mass is 471 g/mol. The molecule has 0 radical (unpaired) electrons. The van der Waals surface area contributed by atoms with Crippen LogP contribution >= 0.6 is 0 Å². The zero-order valence-electron chi connectivity index (χ0n) is 22.5. The molecule has 1 aromatic carbocycles. The van der Waals surface area contributed by atoms with Gasteiger partial charge in [-0.1, -0.05) is 122 Å². The van der Waals surface area contributed by atoms with Crippen LogP contribution in [0.1, 0.15) is 139 Å². The van der Waals surface area contributed by atoms with E-state index in [2.05, 4.69) is 37.4 Å². The van der Waals surface area contributed by atoms with Gasteiger partial charge < -0.3 is 10.4 Å². The van der Waals surface area contributed by atoms with Crippen molar-refractivity contribution < 1.29 is 9.90 Å². The summed E-state index contributed by atoms with van der Waals surface area (Å²) in [5.41, 5.74) is 1.94. The summed E-state index contributed by atoms with van der Waals surface area (Å²) < 4.78 is 0. The van der Waals surface area contributed by atoms with Crippen molar-refractivity contribution in [2.45, 2.75) is 142 Å². The normalized spacial score (nSPS) is 13.3. The number of benzene rings is 1. The molecule has 0 aliphatic carbocycles. The van der Waals surface area contributed by atoms with Gasteiger partial charge in [-0.15, -0.1) is 0 Å². The van der Waals surface area contributed by atoms with E-state index in [-0.39, 0.29) is 11.9 Å². The summed E-state index contributed by atoms with van der Waals surface area (Å²) >= 11 is 0. The van der Waals surface area contributed by atoms with E-state index in [0.717, 1.165) is 12.8 Å². The molecule has 0 saturated heterocycles. The molecule has 0 bridgehead atoms. The Kier molecular flexibility index (Phi) is 18.6. The van der Waals surface area contributed by atoms with E-state index in [4.69, 9.17) is 0 Å². The topological polar surface area (TPSA) is 49.3 Å². The number of nitrogens with one attached hydrogen (secondary N) is 1. The van der Waals surface area contributed by atoms with Gasteiger partial charge in [0.15, 0.2) is 0 Å². The first-order valence-electron chi connectivity index (χ1n) is 14.3. The van der Waals surface area contributed by atoms with E-state index < -0.39 is 6.10 Å². The van der Waals surface area contributed by atoms with Crippen molar-refractivity contribution in [3.63, 3.8) is 0 Å². The minimum atomic E-state index is -0.658. The lowest BCUT2D eigenvalue weighted by Crippen LogP contribution is -2.40. The van der Waals surface area contributed by atoms with Crippen LogP contribution in [0, 0.1) is 0 Å². The van der Waals surface area contributed by atoms with Gasteiger partial charge >= 0.3 is 0 Å². The van der Waals surface area contributed by atoms with Crippen LogP contribution in [0.5, 0.6) is 0 Å². The number of aliphatic hydroxyl groups is 1. The number of aryl methyl sites for hydroxylation is 1. The molecule has 3 heteroatoms. The number of rotatable bonds is 21. The number of carbonyl (C=O) groups excluding carboxylic acids is 1. The quantitative estimate of drug-likeness (QED) is 0.139. The van der Waals surface area contributed by atoms with Gasteiger partial charge in [-0.2, -0.15) is 0 Å². The maximum atomic E-state index is 12.5. The van der Waals surface area contributed by atoms with E-state index in [1.807, 2.05) is 25.1 Å². The molecule has 1 aromatic rings. The second kappa shape index (κ2) is 20.7. The van der Waals surface area contributed by atoms with Crippen molar-refractivity contribution in [1.29, 1.82) is 0 Å². The average molecular weight is 472 g/mol. The molecule has 0 aliphatic heterocycles. The van der Waals surface area contributed by atoms with Crippen molar-refractivity contribution in [3.05, 3.63) is 47.5 Å². The molecule has 0 spiro atoms. The summed E-state index contributed by atoms with van der Waals surface area (Å²) in [6, 6.07) is 7.60. The molecule has 0 fully saturated rings. The molecule has 2 N–H and O–H groups in total. The van der Waals surface area contributed by atoms with Gasteiger partial charge in [-0.3, -0.25) is 4.79 Å². The smallest absolute Gasteiger partial charge is 0.251 e. The predicted molar refractivity (Wildman–Crippen MR) is 147 cm³/mol. The molecule has 194 valence electrons. The lowest BCUT2D eigenvalue weighted by atomic mass is 10.0. The third-order valence-corrected chi connectivity index (χ3v) is 6.71. The Morgan fingerprint density at radius 2 is 1.29 bits per heavy atom. The van der Waals surface area contributed by atoms with E-state index in [0.29, 0.717) is 5.56 Å². The van der Waals surface area contributed by atoms with Gasteiger partial charge in [0.1, 0.15) is 0 Å². The highest BCUT2D eigenvalue weighted by Gasteiger charge is 2.15. The number of amides is 1. The molecule has 34 heavy (non-hydrogen) atoms. The molecule has 1 rings (SSSR count). The van der Waals surface area contributed by atoms with Gasteiger partial charge in [0.25, 0.3) is 5.91 Å². The van der Waals surface area contributed by atoms with Crippen LogP contribution in [0.4, 0.5) is 0 Å². The first kappa shape index (κ1) is 30.4. The standard InChI is InChI=1S/C31H53NO2/c1-4-6-8-10-11-12-13-14-15-16-18-20-22-30(33)27(3)32-31(34)29-25-23-28(24-26-29)21-19-17-9-7-5-2/h20,22-27,30,33H,4-19,21H2,1-3H3,(H,32,34)/b22-20+/t27-,30-/m0/s1. The second-order valence-electron chi connectivity index (χ2n) is 10.0. The van der Waals surface area contributed by atoms with Crippen LogP contribution in [0.15, 0.2) is 36.4 Å². The maximum absolute atomic E-state index is 12.5. The summed E-state index contributed by atoms with van der Waals surface area (Å²) in [4.78, 5) is 12.5. The minimum Gasteiger partial charge on any atom is -0.387 e. The fourth-order valence-corrected chi connectivity index (χ4v) is 4.28. The highest BCUT2D eigenvalue weighted by Crippen LogP contribution is 2.13. The Morgan fingerprint density at radius 3 is 1.85 bits per heavy atom. The second-order valence-corrected chi connectivity index (χ2v) is 10.0. The molecular weight excluding hydrogens is 418 g/mol. The number of aliphatic hydroxyl groups excluding tert-OH is 1. The maximum Gasteiger partial charge on any atom is 0.251 e. The van der Waals surface area contributed by atoms with Crippen LogP contribution in [0.25, 0.3) is 0 Å². The fraction of sp³-hybridized carbons (Fsp3) is 0.710. The summed E-state index contributed by atoms with van der Waals surface area (Å²) in [5, 5.41) is 13.3. The van der Waals surface area contributed by atoms with Gasteiger partial charge in [-0.05, 0) is 50.3 Å². The number of unbranched alkanes of at least 4 members (excludes halogenated alkanes) is 14. The largest absolute Gasteiger partial charge is 0.387 e. The summed E-state index contributed by atoms with van der Waals surface area (Å²) in [5.74, 6) is -0.121. The van der Waals surface area contributed by atoms with Gasteiger partial charge in [0.05, 0.1) is 12.1 Å². The van der Waals surface area contributed by atoms with Crippen LogP contribution in [-0.2, 0) is 6.42 Å². The van der Waals surface area contributed by atoms with E-state index in [1.165, 1.54) is 102 Å². The van der Waals surface area contributed by atoms with Crippen molar-refractivity contribution in [3.8, 4) is 0 Å². The third kappa shape index (κ3) is 15.3. The molecule has 0 saturated carbocycles. The van der Waals surface area contributed by atoms with Crippen LogP contribution in [-0.4, -0.2) is 23.2 Å². The zero-order chi connectivity index (χ0) is 24.9. The highest BCUT2D eigenvalue weighted by atomic mass is 16.3. The van der Waals surface area contributed by atoms with Crippen LogP contribution < -0.4 is 5.32 Å². The fourth-order valence-electron chi connectivity index (χ4n) is 4.28. The molecule has 0 heterocycles. The van der Waals surface area contributed by atoms with Crippen molar-refractivity contribution in [1.82, 2.24) is 5.32 Å². The number of hydrogen-bond acceptors (Lipinski definition) is 2. The Bertz CT molecular complexity index is 637. The third-order valence-electron chi connectivity index (χ3n) is 6.71. The average Bonchev–Trinajstić information content (AvgIpc) is 2.84. The van der Waals surface area contributed by atoms with Crippen molar-refractivity contribution >= 4 is 5.91 Å². The number of hydrogen-bond donors (Lipinski definition) is 2. The predicted octanol–water partition coefficient (Wildman–Crippen LogP) is 8.55. The zero-order valence-corrected chi connectivity index (χ0v) is 22.5. The molecule has 1 amide bonds. The molecule has 3 nitrogen and oxygen atoms in total. The molecule has 0 unspecified atom stereocenters. The molecule has 2 atom stereocenters. The summed E-state index contributed by atoms with van der Waals surface area (Å²) in [6.07, 6.45) is 25.0. The summed E-state index contributed by atoms with van der Waals surface area (Å²) in [6.45, 7) is 6.36. The summed E-state index contributed by atoms with van der Waals surface area (Å²) in [7, 11) is 0.